The van der Waals surface area contributed by atoms with Gasteiger partial charge in [-0.2, -0.15) is 13.2 Å². The molecule has 126 valence electrons. The molecule has 2 N–H and O–H groups in total. The van der Waals surface area contributed by atoms with Crippen molar-refractivity contribution in [2.45, 2.75) is 32.0 Å². The topological polar surface area (TPSA) is 41.6 Å². The third-order valence-electron chi connectivity index (χ3n) is 4.05. The lowest BCUT2D eigenvalue weighted by Crippen LogP contribution is -2.50. The van der Waals surface area contributed by atoms with E-state index in [1.165, 1.54) is 0 Å². The fourth-order valence-electron chi connectivity index (χ4n) is 2.92. The van der Waals surface area contributed by atoms with Gasteiger partial charge in [0.25, 0.3) is 0 Å². The predicted molar refractivity (Wildman–Crippen MR) is 86.9 cm³/mol. The van der Waals surface area contributed by atoms with Crippen LogP contribution in [0, 0.1) is 5.92 Å². The molecule has 2 aliphatic rings. The number of piperidine rings is 1. The van der Waals surface area contributed by atoms with Gasteiger partial charge in [-0.15, -0.1) is 0 Å². The average molecular weight is 325 g/mol. The summed E-state index contributed by atoms with van der Waals surface area (Å²) in [6.45, 7) is 5.82. The Hall–Kier alpha value is -1.82. The van der Waals surface area contributed by atoms with Crippen LogP contribution in [-0.2, 0) is 0 Å². The largest absolute Gasteiger partial charge is 0.393 e. The van der Waals surface area contributed by atoms with Crippen molar-refractivity contribution < 1.29 is 13.2 Å². The van der Waals surface area contributed by atoms with Crippen LogP contribution in [0.15, 0.2) is 52.8 Å². The van der Waals surface area contributed by atoms with Gasteiger partial charge in [0.15, 0.2) is 0 Å². The summed E-state index contributed by atoms with van der Waals surface area (Å²) in [5.74, 6) is -1.41. The van der Waals surface area contributed by atoms with Crippen molar-refractivity contribution in [3.05, 3.63) is 47.9 Å². The molecule has 0 radical (unpaired) electrons. The molecule has 1 fully saturated rings. The maximum atomic E-state index is 13.1. The zero-order valence-corrected chi connectivity index (χ0v) is 13.2. The summed E-state index contributed by atoms with van der Waals surface area (Å²) < 4.78 is 39.4. The third kappa shape index (κ3) is 4.34. The maximum absolute atomic E-state index is 13.1. The van der Waals surface area contributed by atoms with Crippen molar-refractivity contribution in [3.8, 4) is 0 Å². The van der Waals surface area contributed by atoms with Crippen LogP contribution < -0.4 is 5.73 Å². The lowest BCUT2D eigenvalue weighted by Gasteiger charge is -2.39. The van der Waals surface area contributed by atoms with Crippen LogP contribution in [-0.4, -0.2) is 36.4 Å². The van der Waals surface area contributed by atoms with Crippen LogP contribution in [0.5, 0.6) is 0 Å². The molecule has 2 unspecified atom stereocenters. The molecule has 3 nitrogen and oxygen atoms in total. The molecular weight excluding hydrogens is 303 g/mol. The summed E-state index contributed by atoms with van der Waals surface area (Å²) >= 11 is 0. The Morgan fingerprint density at radius 1 is 1.39 bits per heavy atom. The number of alkyl halides is 3. The Balaban J connectivity index is 2.40. The van der Waals surface area contributed by atoms with Crippen LogP contribution in [0.4, 0.5) is 13.2 Å². The van der Waals surface area contributed by atoms with Crippen molar-refractivity contribution in [2.24, 2.45) is 16.6 Å². The molecule has 0 aromatic carbocycles. The number of aliphatic imine (C=N–C) groups is 1. The van der Waals surface area contributed by atoms with Crippen LogP contribution >= 0.6 is 0 Å². The van der Waals surface area contributed by atoms with E-state index in [1.807, 2.05) is 25.2 Å². The molecule has 6 heteroatoms. The highest BCUT2D eigenvalue weighted by atomic mass is 19.4. The van der Waals surface area contributed by atoms with E-state index in [2.05, 4.69) is 11.6 Å². The van der Waals surface area contributed by atoms with Crippen LogP contribution in [0.3, 0.4) is 0 Å². The van der Waals surface area contributed by atoms with E-state index in [1.54, 1.807) is 17.2 Å². The second kappa shape index (κ2) is 7.17. The number of nitrogens with two attached hydrogens (primary N) is 1. The average Bonchev–Trinajstić information content (AvgIpc) is 2.65. The molecule has 2 rings (SSSR count). The Morgan fingerprint density at radius 2 is 2.13 bits per heavy atom. The minimum atomic E-state index is -4.24. The number of allylic oxidation sites excluding steroid dienone is 5. The smallest absolute Gasteiger partial charge is 0.368 e. The number of likely N-dealkylation sites (tertiary alicyclic amines) is 1. The van der Waals surface area contributed by atoms with E-state index in [4.69, 9.17) is 5.73 Å². The molecule has 0 spiro atoms. The van der Waals surface area contributed by atoms with E-state index < -0.39 is 18.1 Å². The van der Waals surface area contributed by atoms with Gasteiger partial charge >= 0.3 is 6.18 Å². The van der Waals surface area contributed by atoms with Crippen molar-refractivity contribution in [2.75, 3.05) is 13.1 Å². The summed E-state index contributed by atoms with van der Waals surface area (Å²) in [7, 11) is 0. The van der Waals surface area contributed by atoms with Gasteiger partial charge in [-0.1, -0.05) is 24.8 Å². The summed E-state index contributed by atoms with van der Waals surface area (Å²) in [4.78, 5) is 6.07. The quantitative estimate of drug-likeness (QED) is 0.806. The third-order valence-corrected chi connectivity index (χ3v) is 4.05. The number of nitrogens with zero attached hydrogens (tertiary/aromatic N) is 2. The molecule has 0 saturated carbocycles. The normalized spacial score (nSPS) is 26.5. The minimum absolute atomic E-state index is 0.0307. The van der Waals surface area contributed by atoms with E-state index in [0.717, 1.165) is 12.0 Å². The Labute approximate surface area is 134 Å². The van der Waals surface area contributed by atoms with Gasteiger partial charge in [0.2, 0.25) is 0 Å². The predicted octanol–water partition coefficient (Wildman–Crippen LogP) is 3.57. The van der Waals surface area contributed by atoms with Gasteiger partial charge in [0.1, 0.15) is 0 Å². The van der Waals surface area contributed by atoms with E-state index in [-0.39, 0.29) is 13.0 Å². The first-order valence-corrected chi connectivity index (χ1v) is 7.63. The fraction of sp³-hybridized carbons (Fsp3) is 0.471. The highest BCUT2D eigenvalue weighted by Crippen LogP contribution is 2.35. The van der Waals surface area contributed by atoms with Gasteiger partial charge in [0.05, 0.1) is 17.3 Å². The van der Waals surface area contributed by atoms with E-state index >= 15 is 0 Å². The van der Waals surface area contributed by atoms with Gasteiger partial charge < -0.3 is 10.6 Å². The maximum Gasteiger partial charge on any atom is 0.393 e. The summed E-state index contributed by atoms with van der Waals surface area (Å²) in [6.07, 6.45) is 5.34. The summed E-state index contributed by atoms with van der Waals surface area (Å²) in [5, 5.41) is 0. The molecule has 1 saturated heterocycles. The zero-order chi connectivity index (χ0) is 17.0. The number of hydrogen-bond donors (Lipinski definition) is 1. The van der Waals surface area contributed by atoms with Crippen molar-refractivity contribution in [1.29, 1.82) is 0 Å². The Kier molecular flexibility index (Phi) is 5.46. The van der Waals surface area contributed by atoms with Crippen LogP contribution in [0.2, 0.25) is 0 Å². The molecule has 0 aromatic rings. The van der Waals surface area contributed by atoms with Crippen LogP contribution in [0.25, 0.3) is 0 Å². The molecule has 1 aliphatic heterocycles. The van der Waals surface area contributed by atoms with E-state index in [0.29, 0.717) is 17.9 Å². The molecule has 1 heterocycles. The second-order valence-electron chi connectivity index (χ2n) is 5.91. The Bertz CT molecular complexity index is 570. The van der Waals surface area contributed by atoms with Gasteiger partial charge in [-0.05, 0) is 31.4 Å². The highest BCUT2D eigenvalue weighted by molar-refractivity contribution is 5.72. The first-order chi connectivity index (χ1) is 10.8. The molecule has 23 heavy (non-hydrogen) atoms. The summed E-state index contributed by atoms with van der Waals surface area (Å²) in [6, 6.07) is -0.506. The number of hydrogen-bond acceptors (Lipinski definition) is 3. The monoisotopic (exact) mass is 325 g/mol. The van der Waals surface area contributed by atoms with E-state index in [9.17, 15) is 13.2 Å². The van der Waals surface area contributed by atoms with Gasteiger partial charge in [-0.25, -0.2) is 0 Å². The fourth-order valence-corrected chi connectivity index (χ4v) is 2.92. The molecule has 0 amide bonds. The summed E-state index contributed by atoms with van der Waals surface area (Å²) in [5.41, 5.74) is 8.18. The van der Waals surface area contributed by atoms with Crippen molar-refractivity contribution >= 4 is 6.21 Å². The molecule has 2 atom stereocenters. The van der Waals surface area contributed by atoms with Crippen molar-refractivity contribution in [1.82, 2.24) is 4.90 Å². The first-order valence-electron chi connectivity index (χ1n) is 7.63. The van der Waals surface area contributed by atoms with Crippen molar-refractivity contribution in [3.63, 3.8) is 0 Å². The highest BCUT2D eigenvalue weighted by Gasteiger charge is 2.44. The van der Waals surface area contributed by atoms with Gasteiger partial charge in [0, 0.05) is 25.3 Å². The standard InChI is InChI=1S/C17H22F3N3/c1-3-8-22-16-12(2)6-4-5-7-15(16)23-10-13(17(18,19)20)9-14(21)11-23/h3,5-8,13-14H,1,4,9-11,21H2,2H3/b22-8-. The Morgan fingerprint density at radius 3 is 2.78 bits per heavy atom. The van der Waals surface area contributed by atoms with Crippen LogP contribution in [0.1, 0.15) is 19.8 Å². The minimum Gasteiger partial charge on any atom is -0.368 e. The number of halogens is 3. The molecule has 0 aromatic heterocycles. The molecular formula is C17H22F3N3. The molecule has 0 bridgehead atoms. The first kappa shape index (κ1) is 17.5. The van der Waals surface area contributed by atoms with Gasteiger partial charge in [-0.3, -0.25) is 4.99 Å². The SMILES string of the molecule is C=C/C=N\C1=C(N2CC(N)CC(C(F)(F)F)C2)C=CCC=C1C. The zero-order valence-electron chi connectivity index (χ0n) is 13.2. The number of rotatable bonds is 3. The molecule has 1 aliphatic carbocycles. The second-order valence-corrected chi connectivity index (χ2v) is 5.91. The lowest BCUT2D eigenvalue weighted by atomic mass is 9.93. The lowest BCUT2D eigenvalue weighted by molar-refractivity contribution is -0.186.